The van der Waals surface area contributed by atoms with Gasteiger partial charge in [0.15, 0.2) is 11.9 Å². The summed E-state index contributed by atoms with van der Waals surface area (Å²) in [6.07, 6.45) is 1.78. The fraction of sp³-hybridized carbons (Fsp3) is 0.125. The Hall–Kier alpha value is -2.21. The maximum atomic E-state index is 12.7. The van der Waals surface area contributed by atoms with Crippen LogP contribution in [0.15, 0.2) is 69.1 Å². The Morgan fingerprint density at radius 2 is 1.61 bits per heavy atom. The molecule has 1 aromatic heterocycles. The van der Waals surface area contributed by atoms with Crippen molar-refractivity contribution >= 4 is 34.0 Å². The lowest BCUT2D eigenvalue weighted by Gasteiger charge is -1.98. The smallest absolute Gasteiger partial charge is 0.497 e. The molecule has 3 aromatic rings. The molecule has 0 aliphatic heterocycles. The molecule has 0 fully saturated rings. The molecule has 0 N–H and O–H groups in total. The average molecular weight is 480 g/mol. The number of methoxy groups -OCH3 is 1. The number of benzene rings is 2. The van der Waals surface area contributed by atoms with E-state index in [1.54, 1.807) is 29.7 Å². The standard InChI is InChI=1S/C16H15BrN3O2S.BF4/c1-19-16(23(21)15-9-3-12(17)4-10-15)11-20(18-19)13-5-7-14(22-2)8-6-13;2-1(3,4)5/h3-11H,1-2H3;/q+1;-1. The van der Waals surface area contributed by atoms with Gasteiger partial charge in [0.25, 0.3) is 5.03 Å². The van der Waals surface area contributed by atoms with E-state index < -0.39 is 18.1 Å². The maximum Gasteiger partial charge on any atom is 0.673 e. The van der Waals surface area contributed by atoms with Gasteiger partial charge in [-0.3, -0.25) is 0 Å². The molecule has 0 amide bonds. The van der Waals surface area contributed by atoms with Crippen LogP contribution in [0.1, 0.15) is 0 Å². The van der Waals surface area contributed by atoms with Crippen molar-refractivity contribution in [1.29, 1.82) is 0 Å². The minimum absolute atomic E-state index is 0.628. The average Bonchev–Trinajstić information content (AvgIpc) is 3.02. The molecule has 0 spiro atoms. The van der Waals surface area contributed by atoms with E-state index in [0.717, 1.165) is 20.8 Å². The van der Waals surface area contributed by atoms with Crippen molar-refractivity contribution in [2.75, 3.05) is 7.11 Å². The van der Waals surface area contributed by atoms with Gasteiger partial charge in [0.1, 0.15) is 23.6 Å². The monoisotopic (exact) mass is 479 g/mol. The third-order valence-electron chi connectivity index (χ3n) is 3.34. The second-order valence-corrected chi connectivity index (χ2v) is 7.68. The zero-order chi connectivity index (χ0) is 20.9. The zero-order valence-electron chi connectivity index (χ0n) is 14.7. The summed E-state index contributed by atoms with van der Waals surface area (Å²) < 4.78 is 61.2. The number of ether oxygens (including phenoxy) is 1. The number of aromatic nitrogens is 3. The molecule has 12 heteroatoms. The summed E-state index contributed by atoms with van der Waals surface area (Å²) in [4.78, 5) is 0.734. The van der Waals surface area contributed by atoms with Crippen molar-refractivity contribution in [2.24, 2.45) is 7.05 Å². The van der Waals surface area contributed by atoms with Crippen molar-refractivity contribution in [2.45, 2.75) is 9.92 Å². The molecule has 0 radical (unpaired) electrons. The fourth-order valence-corrected chi connectivity index (χ4v) is 3.47. The molecule has 0 aliphatic carbocycles. The van der Waals surface area contributed by atoms with E-state index in [0.29, 0.717) is 5.03 Å². The maximum absolute atomic E-state index is 12.7. The van der Waals surface area contributed by atoms with Gasteiger partial charge in [0.05, 0.1) is 12.3 Å². The Balaban J connectivity index is 0.000000500. The van der Waals surface area contributed by atoms with Crippen molar-refractivity contribution in [3.63, 3.8) is 0 Å². The van der Waals surface area contributed by atoms with Crippen LogP contribution >= 0.6 is 15.9 Å². The van der Waals surface area contributed by atoms with Crippen LogP contribution in [0.2, 0.25) is 0 Å². The Morgan fingerprint density at radius 3 is 2.11 bits per heavy atom. The van der Waals surface area contributed by atoms with Gasteiger partial charge in [-0.1, -0.05) is 15.9 Å². The molecule has 0 aliphatic rings. The van der Waals surface area contributed by atoms with E-state index in [-0.39, 0.29) is 0 Å². The molecular formula is C16H15BBrF4N3O2S. The molecule has 1 unspecified atom stereocenters. The lowest BCUT2D eigenvalue weighted by atomic mass is 10.3. The first-order valence-electron chi connectivity index (χ1n) is 7.73. The fourth-order valence-electron chi connectivity index (χ4n) is 2.11. The van der Waals surface area contributed by atoms with Crippen LogP contribution in [0.25, 0.3) is 5.69 Å². The highest BCUT2D eigenvalue weighted by Gasteiger charge is 2.22. The third-order valence-corrected chi connectivity index (χ3v) is 5.32. The van der Waals surface area contributed by atoms with Crippen LogP contribution in [0.5, 0.6) is 5.75 Å². The predicted octanol–water partition coefficient (Wildman–Crippen LogP) is 3.93. The van der Waals surface area contributed by atoms with Crippen molar-refractivity contribution in [3.8, 4) is 11.4 Å². The summed E-state index contributed by atoms with van der Waals surface area (Å²) in [6, 6.07) is 15.0. The van der Waals surface area contributed by atoms with E-state index in [9.17, 15) is 21.5 Å². The Labute approximate surface area is 169 Å². The Bertz CT molecular complexity index is 944. The highest BCUT2D eigenvalue weighted by molar-refractivity contribution is 9.10. The number of halogens is 5. The topological polar surface area (TPSA) is 48.0 Å². The highest BCUT2D eigenvalue weighted by atomic mass is 79.9. The van der Waals surface area contributed by atoms with Crippen LogP contribution in [0.3, 0.4) is 0 Å². The van der Waals surface area contributed by atoms with Gasteiger partial charge >= 0.3 is 7.25 Å². The van der Waals surface area contributed by atoms with Gasteiger partial charge in [-0.2, -0.15) is 0 Å². The van der Waals surface area contributed by atoms with Crippen LogP contribution in [-0.4, -0.2) is 28.5 Å². The number of rotatable bonds is 4. The van der Waals surface area contributed by atoms with Gasteiger partial charge in [0, 0.05) is 9.37 Å². The summed E-state index contributed by atoms with van der Waals surface area (Å²) in [6.45, 7) is 0. The quantitative estimate of drug-likeness (QED) is 0.323. The molecule has 3 rings (SSSR count). The van der Waals surface area contributed by atoms with Crippen molar-refractivity contribution < 1.29 is 30.9 Å². The van der Waals surface area contributed by atoms with Crippen LogP contribution in [-0.2, 0) is 17.8 Å². The Morgan fingerprint density at radius 1 is 1.07 bits per heavy atom. The molecule has 150 valence electrons. The summed E-state index contributed by atoms with van der Waals surface area (Å²) >= 11 is 3.38. The minimum atomic E-state index is -6.00. The van der Waals surface area contributed by atoms with E-state index in [2.05, 4.69) is 21.1 Å². The van der Waals surface area contributed by atoms with E-state index >= 15 is 0 Å². The van der Waals surface area contributed by atoms with Crippen molar-refractivity contribution in [3.05, 3.63) is 59.2 Å². The van der Waals surface area contributed by atoms with Crippen LogP contribution in [0.4, 0.5) is 17.3 Å². The number of nitrogens with zero attached hydrogens (tertiary/aromatic N) is 3. The van der Waals surface area contributed by atoms with Crippen LogP contribution in [0, 0.1) is 0 Å². The first kappa shape index (κ1) is 22.1. The lowest BCUT2D eigenvalue weighted by molar-refractivity contribution is -0.662. The molecule has 1 atom stereocenters. The molecule has 0 saturated heterocycles. The van der Waals surface area contributed by atoms with Crippen LogP contribution < -0.4 is 9.42 Å². The molecule has 2 aromatic carbocycles. The third kappa shape index (κ3) is 6.45. The lowest BCUT2D eigenvalue weighted by Crippen LogP contribution is -2.32. The Kier molecular flexibility index (Phi) is 7.36. The number of hydrogen-bond donors (Lipinski definition) is 0. The normalized spacial score (nSPS) is 12.1. The summed E-state index contributed by atoms with van der Waals surface area (Å²) in [7, 11) is -3.88. The van der Waals surface area contributed by atoms with E-state index in [1.807, 2.05) is 48.5 Å². The number of aryl methyl sites for hydroxylation is 1. The molecule has 1 heterocycles. The minimum Gasteiger partial charge on any atom is -0.497 e. The molecule has 0 saturated carbocycles. The summed E-state index contributed by atoms with van der Waals surface area (Å²) in [5.74, 6) is 0.781. The first-order chi connectivity index (χ1) is 13.1. The molecule has 5 nitrogen and oxygen atoms in total. The molecular weight excluding hydrogens is 465 g/mol. The van der Waals surface area contributed by atoms with Crippen molar-refractivity contribution in [1.82, 2.24) is 9.90 Å². The van der Waals surface area contributed by atoms with Gasteiger partial charge in [-0.05, 0) is 48.5 Å². The second kappa shape index (κ2) is 9.33. The summed E-state index contributed by atoms with van der Waals surface area (Å²) in [5.41, 5.74) is 0.875. The molecule has 28 heavy (non-hydrogen) atoms. The highest BCUT2D eigenvalue weighted by Crippen LogP contribution is 2.18. The predicted molar refractivity (Wildman–Crippen MR) is 100 cm³/mol. The zero-order valence-corrected chi connectivity index (χ0v) is 17.1. The molecule has 0 bridgehead atoms. The first-order valence-corrected chi connectivity index (χ1v) is 9.68. The van der Waals surface area contributed by atoms with E-state index in [1.165, 1.54) is 0 Å². The largest absolute Gasteiger partial charge is 0.673 e. The van der Waals surface area contributed by atoms with E-state index in [4.69, 9.17) is 4.74 Å². The van der Waals surface area contributed by atoms with Gasteiger partial charge in [-0.25, -0.2) is 4.21 Å². The van der Waals surface area contributed by atoms with Gasteiger partial charge in [0.2, 0.25) is 0 Å². The second-order valence-electron chi connectivity index (χ2n) is 5.34. The SMILES string of the molecule is COc1ccc(-[n+]2cc(S(=O)c3ccc(Br)cc3)n(C)n2)cc1.F[B-](F)(F)F. The number of hydrogen-bond acceptors (Lipinski definition) is 3. The van der Waals surface area contributed by atoms with Gasteiger partial charge < -0.3 is 22.0 Å². The van der Waals surface area contributed by atoms with Gasteiger partial charge in [-0.15, -0.1) is 9.36 Å². The summed E-state index contributed by atoms with van der Waals surface area (Å²) in [5, 5.41) is 5.02.